The van der Waals surface area contributed by atoms with Crippen LogP contribution in [0.4, 0.5) is 8.78 Å². The Bertz CT molecular complexity index is 459. The van der Waals surface area contributed by atoms with Gasteiger partial charge in [0.15, 0.2) is 11.6 Å². The molecular weight excluding hydrogens is 250 g/mol. The molecule has 5 heteroatoms. The van der Waals surface area contributed by atoms with Gasteiger partial charge in [-0.2, -0.15) is 0 Å². The van der Waals surface area contributed by atoms with Crippen LogP contribution in [0.3, 0.4) is 0 Å². The second-order valence-electron chi connectivity index (χ2n) is 5.32. The molecule has 0 amide bonds. The first-order valence-corrected chi connectivity index (χ1v) is 6.54. The highest BCUT2D eigenvalue weighted by atomic mass is 19.2. The number of nitrogens with one attached hydrogen (secondary N) is 1. The van der Waals surface area contributed by atoms with Crippen molar-refractivity contribution in [1.29, 1.82) is 0 Å². The molecule has 1 aromatic carbocycles. The molecule has 0 radical (unpaired) electrons. The number of hydrogen-bond donors (Lipinski definition) is 2. The molecule has 0 aromatic heterocycles. The Morgan fingerprint density at radius 3 is 2.63 bits per heavy atom. The van der Waals surface area contributed by atoms with Crippen LogP contribution >= 0.6 is 0 Å². The van der Waals surface area contributed by atoms with Gasteiger partial charge in [-0.25, -0.2) is 14.2 Å². The number of hydrogen-bond acceptors (Lipinski definition) is 3. The molecule has 19 heavy (non-hydrogen) atoms. The molecule has 0 bridgehead atoms. The van der Waals surface area contributed by atoms with Crippen LogP contribution in [0.1, 0.15) is 43.4 Å². The molecule has 106 valence electrons. The summed E-state index contributed by atoms with van der Waals surface area (Å²) in [5, 5.41) is 0. The average molecular weight is 270 g/mol. The molecule has 2 unspecified atom stereocenters. The summed E-state index contributed by atoms with van der Waals surface area (Å²) in [6.07, 6.45) is 2.74. The highest BCUT2D eigenvalue weighted by Gasteiger charge is 2.39. The number of nitrogens with two attached hydrogens (primary N) is 1. The fourth-order valence-corrected chi connectivity index (χ4v) is 2.66. The third-order valence-electron chi connectivity index (χ3n) is 3.89. The number of halogens is 2. The van der Waals surface area contributed by atoms with E-state index in [0.29, 0.717) is 6.61 Å². The van der Waals surface area contributed by atoms with Crippen LogP contribution in [-0.2, 0) is 4.74 Å². The molecule has 1 saturated heterocycles. The molecule has 1 aliphatic heterocycles. The summed E-state index contributed by atoms with van der Waals surface area (Å²) in [5.41, 5.74) is 2.47. The highest BCUT2D eigenvalue weighted by molar-refractivity contribution is 5.29. The van der Waals surface area contributed by atoms with Crippen molar-refractivity contribution in [2.24, 2.45) is 5.84 Å². The lowest BCUT2D eigenvalue weighted by atomic mass is 9.84. The Morgan fingerprint density at radius 1 is 1.32 bits per heavy atom. The van der Waals surface area contributed by atoms with Crippen LogP contribution in [-0.4, -0.2) is 12.2 Å². The molecule has 3 N–H and O–H groups in total. The van der Waals surface area contributed by atoms with Crippen LogP contribution in [0.25, 0.3) is 0 Å². The lowest BCUT2D eigenvalue weighted by molar-refractivity contribution is -0.0905. The smallest absolute Gasteiger partial charge is 0.164 e. The van der Waals surface area contributed by atoms with Crippen molar-refractivity contribution < 1.29 is 13.5 Å². The predicted molar refractivity (Wildman–Crippen MR) is 69.4 cm³/mol. The number of ether oxygens (including phenoxy) is 1. The third-order valence-corrected chi connectivity index (χ3v) is 3.89. The molecule has 0 spiro atoms. The number of hydrazine groups is 1. The summed E-state index contributed by atoms with van der Waals surface area (Å²) in [5.74, 6) is 3.89. The Morgan fingerprint density at radius 2 is 2.05 bits per heavy atom. The van der Waals surface area contributed by atoms with Crippen molar-refractivity contribution in [1.82, 2.24) is 5.43 Å². The normalized spacial score (nSPS) is 25.3. The van der Waals surface area contributed by atoms with Crippen molar-refractivity contribution in [3.8, 4) is 0 Å². The molecule has 1 heterocycles. The van der Waals surface area contributed by atoms with Gasteiger partial charge in [-0.3, -0.25) is 5.84 Å². The minimum Gasteiger partial charge on any atom is -0.373 e. The Hall–Kier alpha value is -1.04. The predicted octanol–water partition coefficient (Wildman–Crippen LogP) is 2.74. The summed E-state index contributed by atoms with van der Waals surface area (Å²) >= 11 is 0. The summed E-state index contributed by atoms with van der Waals surface area (Å²) in [6, 6.07) is 2.56. The second kappa shape index (κ2) is 5.53. The van der Waals surface area contributed by atoms with Crippen molar-refractivity contribution in [2.75, 3.05) is 6.61 Å². The van der Waals surface area contributed by atoms with E-state index in [1.54, 1.807) is 12.1 Å². The van der Waals surface area contributed by atoms with Crippen molar-refractivity contribution in [2.45, 2.75) is 44.8 Å². The van der Waals surface area contributed by atoms with Gasteiger partial charge in [0.2, 0.25) is 0 Å². The summed E-state index contributed by atoms with van der Waals surface area (Å²) in [7, 11) is 0. The van der Waals surface area contributed by atoms with E-state index in [1.807, 2.05) is 6.92 Å². The first-order chi connectivity index (χ1) is 8.99. The van der Waals surface area contributed by atoms with Gasteiger partial charge in [0.1, 0.15) is 0 Å². The van der Waals surface area contributed by atoms with E-state index in [-0.39, 0.29) is 11.1 Å². The summed E-state index contributed by atoms with van der Waals surface area (Å²) < 4.78 is 33.6. The van der Waals surface area contributed by atoms with Crippen molar-refractivity contribution in [3.05, 3.63) is 34.9 Å². The van der Waals surface area contributed by atoms with Gasteiger partial charge in [0.05, 0.1) is 11.6 Å². The number of benzene rings is 1. The van der Waals surface area contributed by atoms with Crippen molar-refractivity contribution >= 4 is 0 Å². The summed E-state index contributed by atoms with van der Waals surface area (Å²) in [4.78, 5) is 0. The van der Waals surface area contributed by atoms with Gasteiger partial charge in [0, 0.05) is 12.2 Å². The monoisotopic (exact) mass is 270 g/mol. The van der Waals surface area contributed by atoms with Gasteiger partial charge in [-0.1, -0.05) is 12.1 Å². The Labute approximate surface area is 112 Å². The van der Waals surface area contributed by atoms with Crippen LogP contribution in [0.15, 0.2) is 12.1 Å². The highest BCUT2D eigenvalue weighted by Crippen LogP contribution is 2.37. The molecule has 1 aliphatic rings. The van der Waals surface area contributed by atoms with Gasteiger partial charge in [0.25, 0.3) is 0 Å². The Kier molecular flexibility index (Phi) is 4.18. The quantitative estimate of drug-likeness (QED) is 0.656. The maximum atomic E-state index is 14.1. The van der Waals surface area contributed by atoms with E-state index in [1.165, 1.54) is 6.92 Å². The van der Waals surface area contributed by atoms with Crippen LogP contribution in [0.2, 0.25) is 0 Å². The van der Waals surface area contributed by atoms with Gasteiger partial charge >= 0.3 is 0 Å². The SMILES string of the molecule is Cc1ccc(C(NN)C2(C)CCCCO2)c(F)c1F. The fraction of sp³-hybridized carbons (Fsp3) is 0.571. The zero-order valence-electron chi connectivity index (χ0n) is 11.3. The minimum atomic E-state index is -0.849. The van der Waals surface area contributed by atoms with E-state index >= 15 is 0 Å². The maximum Gasteiger partial charge on any atom is 0.164 e. The van der Waals surface area contributed by atoms with E-state index in [4.69, 9.17) is 10.6 Å². The molecular formula is C14H20F2N2O. The first-order valence-electron chi connectivity index (χ1n) is 6.54. The molecule has 0 aliphatic carbocycles. The average Bonchev–Trinajstić information content (AvgIpc) is 2.40. The maximum absolute atomic E-state index is 14.1. The standard InChI is InChI=1S/C14H20F2N2O/c1-9-5-6-10(12(16)11(9)15)13(18-17)14(2)7-3-4-8-19-14/h5-6,13,18H,3-4,7-8,17H2,1-2H3. The largest absolute Gasteiger partial charge is 0.373 e. The zero-order chi connectivity index (χ0) is 14.0. The zero-order valence-corrected chi connectivity index (χ0v) is 11.3. The minimum absolute atomic E-state index is 0.218. The molecule has 3 nitrogen and oxygen atoms in total. The number of rotatable bonds is 3. The van der Waals surface area contributed by atoms with Crippen LogP contribution in [0, 0.1) is 18.6 Å². The molecule has 1 fully saturated rings. The number of aryl methyl sites for hydroxylation is 1. The van der Waals surface area contributed by atoms with Crippen molar-refractivity contribution in [3.63, 3.8) is 0 Å². The lowest BCUT2D eigenvalue weighted by Gasteiger charge is -2.40. The van der Waals surface area contributed by atoms with Crippen LogP contribution < -0.4 is 11.3 Å². The van der Waals surface area contributed by atoms with Crippen LogP contribution in [0.5, 0.6) is 0 Å². The molecule has 0 saturated carbocycles. The van der Waals surface area contributed by atoms with E-state index in [2.05, 4.69) is 5.43 Å². The fourth-order valence-electron chi connectivity index (χ4n) is 2.66. The van der Waals surface area contributed by atoms with Gasteiger partial charge < -0.3 is 4.74 Å². The van der Waals surface area contributed by atoms with E-state index < -0.39 is 23.3 Å². The molecule has 2 rings (SSSR count). The Balaban J connectivity index is 2.39. The second-order valence-corrected chi connectivity index (χ2v) is 5.32. The van der Waals surface area contributed by atoms with E-state index in [0.717, 1.165) is 19.3 Å². The van der Waals surface area contributed by atoms with Gasteiger partial charge in [-0.05, 0) is 38.7 Å². The summed E-state index contributed by atoms with van der Waals surface area (Å²) in [6.45, 7) is 4.03. The van der Waals surface area contributed by atoms with Gasteiger partial charge in [-0.15, -0.1) is 0 Å². The first kappa shape index (κ1) is 14.4. The third kappa shape index (κ3) is 2.63. The topological polar surface area (TPSA) is 47.3 Å². The van der Waals surface area contributed by atoms with E-state index in [9.17, 15) is 8.78 Å². The molecule has 2 atom stereocenters. The lowest BCUT2D eigenvalue weighted by Crippen LogP contribution is -2.48. The molecule has 1 aromatic rings.